The van der Waals surface area contributed by atoms with E-state index >= 15 is 0 Å². The molecule has 1 amide bonds. The highest BCUT2D eigenvalue weighted by Gasteiger charge is 2.45. The molecule has 0 saturated carbocycles. The van der Waals surface area contributed by atoms with Gasteiger partial charge in [0.25, 0.3) is 0 Å². The number of hydrogen-bond donors (Lipinski definition) is 1. The largest absolute Gasteiger partial charge is 0.479 e. The van der Waals surface area contributed by atoms with Crippen LogP contribution < -0.4 is 0 Å². The molecule has 5 nitrogen and oxygen atoms in total. The molecule has 4 aromatic carbocycles. The van der Waals surface area contributed by atoms with E-state index in [1.165, 1.54) is 4.90 Å². The van der Waals surface area contributed by atoms with Crippen molar-refractivity contribution in [2.75, 3.05) is 13.2 Å². The molecule has 0 aliphatic heterocycles. The van der Waals surface area contributed by atoms with Gasteiger partial charge in [0.1, 0.15) is 6.61 Å². The Labute approximate surface area is 204 Å². The van der Waals surface area contributed by atoms with E-state index in [9.17, 15) is 14.7 Å². The lowest BCUT2D eigenvalue weighted by molar-refractivity contribution is -0.150. The molecule has 1 aliphatic carbocycles. The highest BCUT2D eigenvalue weighted by Crippen LogP contribution is 2.44. The van der Waals surface area contributed by atoms with E-state index in [2.05, 4.69) is 24.3 Å². The Hall–Kier alpha value is -4.12. The molecule has 0 fully saturated rings. The highest BCUT2D eigenvalue weighted by molar-refractivity contribution is 5.94. The first-order chi connectivity index (χ1) is 17.0. The van der Waals surface area contributed by atoms with Crippen LogP contribution in [0, 0.1) is 0 Å². The predicted octanol–water partition coefficient (Wildman–Crippen LogP) is 6.41. The van der Waals surface area contributed by atoms with Crippen molar-refractivity contribution in [2.45, 2.75) is 25.3 Å². The van der Waals surface area contributed by atoms with Crippen molar-refractivity contribution in [3.05, 3.63) is 108 Å². The normalized spacial score (nSPS) is 14.1. The molecule has 5 heteroatoms. The fourth-order valence-corrected chi connectivity index (χ4v) is 5.33. The SMILES string of the molecule is CCN(C(=O)OCC1c2ccccc2-c2ccccc21)C(C)(C(=O)O)c1cccc2ccccc12. The molecule has 4 aromatic rings. The zero-order valence-corrected chi connectivity index (χ0v) is 19.8. The van der Waals surface area contributed by atoms with Crippen LogP contribution in [0.2, 0.25) is 0 Å². The van der Waals surface area contributed by atoms with E-state index in [0.717, 1.165) is 33.0 Å². The molecule has 176 valence electrons. The van der Waals surface area contributed by atoms with Crippen LogP contribution in [-0.4, -0.2) is 35.2 Å². The van der Waals surface area contributed by atoms with Crippen LogP contribution in [0.4, 0.5) is 4.79 Å². The number of carbonyl (C=O) groups is 2. The van der Waals surface area contributed by atoms with E-state index in [-0.39, 0.29) is 19.1 Å². The van der Waals surface area contributed by atoms with E-state index in [4.69, 9.17) is 4.74 Å². The fraction of sp³-hybridized carbons (Fsp3) is 0.200. The van der Waals surface area contributed by atoms with Crippen molar-refractivity contribution in [3.8, 4) is 11.1 Å². The van der Waals surface area contributed by atoms with Crippen molar-refractivity contribution >= 4 is 22.8 Å². The number of nitrogens with zero attached hydrogens (tertiary/aromatic N) is 1. The lowest BCUT2D eigenvalue weighted by Crippen LogP contribution is -2.53. The van der Waals surface area contributed by atoms with Gasteiger partial charge in [-0.3, -0.25) is 4.90 Å². The summed E-state index contributed by atoms with van der Waals surface area (Å²) < 4.78 is 5.85. The van der Waals surface area contributed by atoms with Gasteiger partial charge in [-0.2, -0.15) is 0 Å². The monoisotopic (exact) mass is 465 g/mol. The Morgan fingerprint density at radius 3 is 2.06 bits per heavy atom. The lowest BCUT2D eigenvalue weighted by atomic mass is 9.86. The Balaban J connectivity index is 1.47. The maximum absolute atomic E-state index is 13.5. The number of ether oxygens (including phenoxy) is 1. The molecule has 0 aromatic heterocycles. The van der Waals surface area contributed by atoms with Gasteiger partial charge in [0.15, 0.2) is 5.54 Å². The second-order valence-electron chi connectivity index (χ2n) is 8.95. The minimum absolute atomic E-state index is 0.0984. The fourth-order valence-electron chi connectivity index (χ4n) is 5.33. The number of hydrogen-bond acceptors (Lipinski definition) is 3. The summed E-state index contributed by atoms with van der Waals surface area (Å²) in [5.41, 5.74) is 3.46. The van der Waals surface area contributed by atoms with Crippen LogP contribution in [0.25, 0.3) is 21.9 Å². The molecule has 0 radical (unpaired) electrons. The number of likely N-dealkylation sites (N-methyl/N-ethyl adjacent to an activating group) is 1. The van der Waals surface area contributed by atoms with Gasteiger partial charge in [-0.05, 0) is 52.4 Å². The quantitative estimate of drug-likeness (QED) is 0.357. The highest BCUT2D eigenvalue weighted by atomic mass is 16.6. The smallest absolute Gasteiger partial charge is 0.411 e. The first-order valence-electron chi connectivity index (χ1n) is 11.8. The maximum Gasteiger partial charge on any atom is 0.411 e. The van der Waals surface area contributed by atoms with Gasteiger partial charge in [-0.1, -0.05) is 91.0 Å². The van der Waals surface area contributed by atoms with Gasteiger partial charge in [0, 0.05) is 12.5 Å². The summed E-state index contributed by atoms with van der Waals surface area (Å²) in [6.07, 6.45) is -0.646. The minimum atomic E-state index is -1.60. The Morgan fingerprint density at radius 2 is 1.43 bits per heavy atom. The lowest BCUT2D eigenvalue weighted by Gasteiger charge is -2.37. The third-order valence-electron chi connectivity index (χ3n) is 7.14. The van der Waals surface area contributed by atoms with Gasteiger partial charge in [-0.25, -0.2) is 9.59 Å². The topological polar surface area (TPSA) is 66.8 Å². The summed E-state index contributed by atoms with van der Waals surface area (Å²) in [4.78, 5) is 27.5. The average Bonchev–Trinajstić information content (AvgIpc) is 3.21. The van der Waals surface area contributed by atoms with Crippen LogP contribution in [0.15, 0.2) is 91.0 Å². The number of carbonyl (C=O) groups excluding carboxylic acids is 1. The number of carboxylic acid groups (broad SMARTS) is 1. The summed E-state index contributed by atoms with van der Waals surface area (Å²) in [5.74, 6) is -1.21. The van der Waals surface area contributed by atoms with Crippen LogP contribution >= 0.6 is 0 Å². The predicted molar refractivity (Wildman–Crippen MR) is 136 cm³/mol. The molecule has 1 atom stereocenters. The van der Waals surface area contributed by atoms with E-state index < -0.39 is 17.6 Å². The Kier molecular flexibility index (Phi) is 5.77. The number of carboxylic acids is 1. The van der Waals surface area contributed by atoms with Crippen LogP contribution in [0.5, 0.6) is 0 Å². The molecule has 35 heavy (non-hydrogen) atoms. The summed E-state index contributed by atoms with van der Waals surface area (Å²) in [6, 6.07) is 29.4. The summed E-state index contributed by atoms with van der Waals surface area (Å²) >= 11 is 0. The minimum Gasteiger partial charge on any atom is -0.479 e. The van der Waals surface area contributed by atoms with Crippen molar-refractivity contribution in [1.82, 2.24) is 4.90 Å². The molecule has 5 rings (SSSR count). The molecular formula is C30H27NO4. The molecule has 0 spiro atoms. The van der Waals surface area contributed by atoms with E-state index in [1.54, 1.807) is 19.9 Å². The first kappa shape index (κ1) is 22.7. The summed E-state index contributed by atoms with van der Waals surface area (Å²) in [7, 11) is 0. The zero-order valence-electron chi connectivity index (χ0n) is 19.8. The van der Waals surface area contributed by atoms with Crippen LogP contribution in [0.3, 0.4) is 0 Å². The van der Waals surface area contributed by atoms with Gasteiger partial charge in [0.05, 0.1) is 0 Å². The zero-order chi connectivity index (χ0) is 24.6. The number of fused-ring (bicyclic) bond motifs is 4. The number of rotatable bonds is 6. The maximum atomic E-state index is 13.5. The second kappa shape index (κ2) is 8.91. The van der Waals surface area contributed by atoms with Crippen molar-refractivity contribution in [1.29, 1.82) is 0 Å². The summed E-state index contributed by atoms with van der Waals surface area (Å²) in [6.45, 7) is 3.66. The molecule has 0 heterocycles. The third kappa shape index (κ3) is 3.64. The van der Waals surface area contributed by atoms with Crippen LogP contribution in [-0.2, 0) is 15.1 Å². The molecule has 0 saturated heterocycles. The van der Waals surface area contributed by atoms with Gasteiger partial charge < -0.3 is 9.84 Å². The number of amides is 1. The standard InChI is InChI=1S/C30H27NO4/c1-3-31(30(2,28(32)33)27-18-10-12-20-11-4-5-13-21(20)27)29(34)35-19-26-24-16-8-6-14-22(24)23-15-7-9-17-25(23)26/h4-18,26H,3,19H2,1-2H3,(H,32,33). The molecule has 1 unspecified atom stereocenters. The second-order valence-corrected chi connectivity index (χ2v) is 8.95. The third-order valence-corrected chi connectivity index (χ3v) is 7.14. The van der Waals surface area contributed by atoms with Gasteiger partial charge in [0.2, 0.25) is 0 Å². The number of benzene rings is 4. The molecule has 1 N–H and O–H groups in total. The van der Waals surface area contributed by atoms with Gasteiger partial charge in [-0.15, -0.1) is 0 Å². The number of aliphatic carboxylic acids is 1. The van der Waals surface area contributed by atoms with Crippen LogP contribution in [0.1, 0.15) is 36.5 Å². The van der Waals surface area contributed by atoms with Gasteiger partial charge >= 0.3 is 12.1 Å². The average molecular weight is 466 g/mol. The Morgan fingerprint density at radius 1 is 0.857 bits per heavy atom. The van der Waals surface area contributed by atoms with Crippen molar-refractivity contribution in [3.63, 3.8) is 0 Å². The Bertz CT molecular complexity index is 1380. The van der Waals surface area contributed by atoms with E-state index in [0.29, 0.717) is 5.56 Å². The first-order valence-corrected chi connectivity index (χ1v) is 11.8. The van der Waals surface area contributed by atoms with Crippen molar-refractivity contribution < 1.29 is 19.4 Å². The molecule has 0 bridgehead atoms. The molecular weight excluding hydrogens is 438 g/mol. The molecule has 1 aliphatic rings. The summed E-state index contributed by atoms with van der Waals surface area (Å²) in [5, 5.41) is 12.1. The van der Waals surface area contributed by atoms with E-state index in [1.807, 2.05) is 60.7 Å². The van der Waals surface area contributed by atoms with Crippen molar-refractivity contribution in [2.24, 2.45) is 0 Å².